The molecule has 1 fully saturated rings. The number of aliphatic hydroxyl groups is 3. The third kappa shape index (κ3) is 9.15. The van der Waals surface area contributed by atoms with Gasteiger partial charge >= 0.3 is 24.0 Å². The molecule has 0 radical (unpaired) electrons. The molecule has 0 saturated carbocycles. The van der Waals surface area contributed by atoms with Crippen LogP contribution in [-0.2, 0) is 14.4 Å². The van der Waals surface area contributed by atoms with E-state index in [4.69, 9.17) is 5.11 Å². The third-order valence-corrected chi connectivity index (χ3v) is 6.56. The zero-order valence-electron chi connectivity index (χ0n) is 20.3. The van der Waals surface area contributed by atoms with Gasteiger partial charge in [-0.1, -0.05) is 0 Å². The minimum absolute atomic E-state index is 0.0433. The maximum atomic E-state index is 12.3. The van der Waals surface area contributed by atoms with Crippen molar-refractivity contribution in [2.24, 2.45) is 5.92 Å². The molecular formula is C21H38N4O11. The molecule has 1 amide bonds. The topological polar surface area (TPSA) is 232 Å². The number of hydrogen-bond acceptors (Lipinski definition) is 10. The van der Waals surface area contributed by atoms with Crippen LogP contribution in [0, 0.1) is 5.92 Å². The summed E-state index contributed by atoms with van der Waals surface area (Å²) in [6.45, 7) is 1.08. The molecule has 0 spiro atoms. The Bertz CT molecular complexity index is 755. The largest absolute Gasteiger partial charge is 0.481 e. The van der Waals surface area contributed by atoms with Crippen LogP contribution in [0.1, 0.15) is 19.8 Å². The lowest BCUT2D eigenvalue weighted by molar-refractivity contribution is -0.157. The molecule has 36 heavy (non-hydrogen) atoms. The van der Waals surface area contributed by atoms with E-state index in [0.29, 0.717) is 6.54 Å². The van der Waals surface area contributed by atoms with Crippen molar-refractivity contribution >= 4 is 24.0 Å². The molecule has 4 unspecified atom stereocenters. The Labute approximate surface area is 208 Å². The summed E-state index contributed by atoms with van der Waals surface area (Å²) in [5, 5.41) is 70.3. The monoisotopic (exact) mass is 522 g/mol. The van der Waals surface area contributed by atoms with E-state index >= 15 is 0 Å². The lowest BCUT2D eigenvalue weighted by Gasteiger charge is -2.41. The van der Waals surface area contributed by atoms with Gasteiger partial charge in [-0.05, 0) is 13.3 Å². The predicted molar refractivity (Wildman–Crippen MR) is 124 cm³/mol. The molecule has 15 nitrogen and oxygen atoms in total. The highest BCUT2D eigenvalue weighted by Crippen LogP contribution is 2.27. The second-order valence-electron chi connectivity index (χ2n) is 8.96. The molecule has 1 rings (SSSR count). The number of hydrogen-bond donors (Lipinski definition) is 8. The zero-order valence-corrected chi connectivity index (χ0v) is 20.3. The molecule has 0 aromatic rings. The summed E-state index contributed by atoms with van der Waals surface area (Å²) in [4.78, 5) is 51.0. The smallest absolute Gasteiger partial charge is 0.407 e. The van der Waals surface area contributed by atoms with Crippen LogP contribution in [-0.4, -0.2) is 158 Å². The van der Waals surface area contributed by atoms with Crippen molar-refractivity contribution < 1.29 is 54.9 Å². The summed E-state index contributed by atoms with van der Waals surface area (Å²) in [6, 6.07) is -0.815. The van der Waals surface area contributed by atoms with Gasteiger partial charge in [0.15, 0.2) is 0 Å². The standard InChI is InChI=1S/C21H38N4O11/c1-21(19(33)34,11-14(18(31)32)10-17(29)30)25-5-3-22-2-4-23(15(12-26)16(28)13-27)6-7-24(8-9-25)20(35)36/h14-16,22,26-28H,2-13H2,1H3,(H,29,30)(H,31,32)(H,33,34)(H,35,36). The van der Waals surface area contributed by atoms with Crippen LogP contribution in [0.25, 0.3) is 0 Å². The van der Waals surface area contributed by atoms with Gasteiger partial charge in [-0.3, -0.25) is 24.2 Å². The molecule has 1 heterocycles. The van der Waals surface area contributed by atoms with Gasteiger partial charge in [0.05, 0.1) is 37.7 Å². The molecule has 4 atom stereocenters. The SMILES string of the molecule is CC(CC(CC(=O)O)C(=O)O)(C(=O)O)N1CCNCCN(C(CO)C(O)CO)CCN(C(=O)O)CC1. The Hall–Kier alpha value is -2.56. The fraction of sp³-hybridized carbons (Fsp3) is 0.810. The van der Waals surface area contributed by atoms with Gasteiger partial charge in [-0.2, -0.15) is 0 Å². The number of carboxylic acid groups (broad SMARTS) is 4. The average molecular weight is 523 g/mol. The van der Waals surface area contributed by atoms with Crippen molar-refractivity contribution in [3.8, 4) is 0 Å². The van der Waals surface area contributed by atoms with Crippen molar-refractivity contribution in [3.63, 3.8) is 0 Å². The molecule has 0 aromatic heterocycles. The molecule has 1 aliphatic heterocycles. The van der Waals surface area contributed by atoms with E-state index in [0.717, 1.165) is 4.90 Å². The van der Waals surface area contributed by atoms with E-state index in [-0.39, 0.29) is 45.8 Å². The molecule has 208 valence electrons. The lowest BCUT2D eigenvalue weighted by Crippen LogP contribution is -2.59. The van der Waals surface area contributed by atoms with E-state index in [1.54, 1.807) is 4.90 Å². The molecule has 15 heteroatoms. The van der Waals surface area contributed by atoms with E-state index in [9.17, 15) is 49.8 Å². The highest BCUT2D eigenvalue weighted by Gasteiger charge is 2.43. The van der Waals surface area contributed by atoms with Crippen LogP contribution in [0.4, 0.5) is 4.79 Å². The summed E-state index contributed by atoms with van der Waals surface area (Å²) in [6.07, 6.45) is -3.77. The van der Waals surface area contributed by atoms with Crippen molar-refractivity contribution in [2.45, 2.75) is 37.5 Å². The van der Waals surface area contributed by atoms with Crippen LogP contribution < -0.4 is 5.32 Å². The fourth-order valence-electron chi connectivity index (χ4n) is 4.30. The molecule has 0 bridgehead atoms. The van der Waals surface area contributed by atoms with Crippen molar-refractivity contribution in [2.75, 3.05) is 65.6 Å². The van der Waals surface area contributed by atoms with Gasteiger partial charge in [0.1, 0.15) is 5.54 Å². The number of aliphatic hydroxyl groups excluding tert-OH is 3. The predicted octanol–water partition coefficient (Wildman–Crippen LogP) is -2.70. The summed E-state index contributed by atoms with van der Waals surface area (Å²) in [5.74, 6) is -5.63. The van der Waals surface area contributed by atoms with E-state index in [1.165, 1.54) is 11.8 Å². The summed E-state index contributed by atoms with van der Waals surface area (Å²) in [7, 11) is 0. The van der Waals surface area contributed by atoms with Gasteiger partial charge in [0.25, 0.3) is 0 Å². The van der Waals surface area contributed by atoms with Crippen LogP contribution in [0.15, 0.2) is 0 Å². The number of rotatable bonds is 11. The fourth-order valence-corrected chi connectivity index (χ4v) is 4.30. The van der Waals surface area contributed by atoms with Crippen molar-refractivity contribution in [3.05, 3.63) is 0 Å². The first kappa shape index (κ1) is 31.5. The second-order valence-corrected chi connectivity index (χ2v) is 8.96. The van der Waals surface area contributed by atoms with E-state index < -0.39 is 73.7 Å². The Balaban J connectivity index is 3.16. The summed E-state index contributed by atoms with van der Waals surface area (Å²) in [5.41, 5.74) is -1.78. The first-order valence-electron chi connectivity index (χ1n) is 11.6. The second kappa shape index (κ2) is 14.9. The number of carboxylic acids is 3. The molecule has 1 saturated heterocycles. The highest BCUT2D eigenvalue weighted by molar-refractivity contribution is 5.82. The quantitative estimate of drug-likeness (QED) is 0.138. The zero-order chi connectivity index (χ0) is 27.5. The van der Waals surface area contributed by atoms with Crippen molar-refractivity contribution in [1.29, 1.82) is 0 Å². The molecular weight excluding hydrogens is 484 g/mol. The maximum absolute atomic E-state index is 12.3. The van der Waals surface area contributed by atoms with Crippen LogP contribution in [0.2, 0.25) is 0 Å². The summed E-state index contributed by atoms with van der Waals surface area (Å²) >= 11 is 0. The number of amides is 1. The normalized spacial score (nSPS) is 21.3. The molecule has 0 aromatic carbocycles. The highest BCUT2D eigenvalue weighted by atomic mass is 16.4. The van der Waals surface area contributed by atoms with Crippen LogP contribution >= 0.6 is 0 Å². The maximum Gasteiger partial charge on any atom is 0.407 e. The summed E-state index contributed by atoms with van der Waals surface area (Å²) < 4.78 is 0. The van der Waals surface area contributed by atoms with Gasteiger partial charge in [0, 0.05) is 52.4 Å². The van der Waals surface area contributed by atoms with Gasteiger partial charge in [0.2, 0.25) is 0 Å². The first-order valence-corrected chi connectivity index (χ1v) is 11.6. The van der Waals surface area contributed by atoms with Crippen molar-refractivity contribution in [1.82, 2.24) is 20.0 Å². The minimum Gasteiger partial charge on any atom is -0.481 e. The van der Waals surface area contributed by atoms with Gasteiger partial charge < -0.3 is 46.0 Å². The third-order valence-electron chi connectivity index (χ3n) is 6.56. The Morgan fingerprint density at radius 2 is 1.50 bits per heavy atom. The molecule has 8 N–H and O–H groups in total. The lowest BCUT2D eigenvalue weighted by atomic mass is 9.85. The number of carbonyl (C=O) groups is 4. The molecule has 1 aliphatic rings. The number of aliphatic carboxylic acids is 3. The molecule has 0 aliphatic carbocycles. The minimum atomic E-state index is -1.78. The Kier molecular flexibility index (Phi) is 13.0. The first-order chi connectivity index (χ1) is 16.9. The van der Waals surface area contributed by atoms with Crippen LogP contribution in [0.5, 0.6) is 0 Å². The van der Waals surface area contributed by atoms with E-state index in [1.807, 2.05) is 0 Å². The Morgan fingerprint density at radius 1 is 0.889 bits per heavy atom. The number of nitrogens with zero attached hydrogens (tertiary/aromatic N) is 3. The van der Waals surface area contributed by atoms with Gasteiger partial charge in [-0.15, -0.1) is 0 Å². The number of nitrogens with one attached hydrogen (secondary N) is 1. The Morgan fingerprint density at radius 3 is 2.00 bits per heavy atom. The average Bonchev–Trinajstić information content (AvgIpc) is 2.79. The van der Waals surface area contributed by atoms with E-state index in [2.05, 4.69) is 5.32 Å². The van der Waals surface area contributed by atoms with Gasteiger partial charge in [-0.25, -0.2) is 4.79 Å². The van der Waals surface area contributed by atoms with Crippen LogP contribution in [0.3, 0.4) is 0 Å².